The molecule has 0 atom stereocenters. The molecule has 0 aliphatic carbocycles. The van der Waals surface area contributed by atoms with Crippen molar-refractivity contribution >= 4 is 34.1 Å². The summed E-state index contributed by atoms with van der Waals surface area (Å²) in [6, 6.07) is 66.6. The summed E-state index contributed by atoms with van der Waals surface area (Å²) in [6.07, 6.45) is -2.63. The summed E-state index contributed by atoms with van der Waals surface area (Å²) in [5.74, 6) is 0. The van der Waals surface area contributed by atoms with Crippen LogP contribution in [-0.2, 0) is 25.5 Å². The molecular formula is C49H31BF3N3Pt-2. The average Bonchev–Trinajstić information content (AvgIpc) is 3.56. The number of nitrogens with zero attached hydrogens (tertiary/aromatic N) is 3. The summed E-state index contributed by atoms with van der Waals surface area (Å²) in [5.41, 5.74) is 11.6. The van der Waals surface area contributed by atoms with Gasteiger partial charge in [-0.15, -0.1) is 0 Å². The number of halogens is 3. The van der Waals surface area contributed by atoms with Crippen molar-refractivity contribution in [2.24, 2.45) is 0 Å². The SMILES string of the molecule is FC(F)(F)c1ccc(-n2[c](=[Pt])n(-c3[c-]c(B(c4[c-]c(-c5ccccn5)ccc4)c4c(-c5ccccc5)cccc4-c4ccccc4)ccc3)c3ccccc32)cc1. The van der Waals surface area contributed by atoms with E-state index in [9.17, 15) is 13.2 Å². The number of fused-ring (bicyclic) bond motifs is 1. The first-order valence-electron chi connectivity index (χ1n) is 18.4. The number of hydrogen-bond acceptors (Lipinski definition) is 1. The molecule has 57 heavy (non-hydrogen) atoms. The van der Waals surface area contributed by atoms with Gasteiger partial charge >= 0.3 is 335 Å². The maximum absolute atomic E-state index is 13.6. The predicted molar refractivity (Wildman–Crippen MR) is 220 cm³/mol. The van der Waals surface area contributed by atoms with Crippen molar-refractivity contribution in [1.29, 1.82) is 0 Å². The zero-order valence-electron chi connectivity index (χ0n) is 30.3. The molecule has 0 amide bonds. The minimum atomic E-state index is -4.43. The Morgan fingerprint density at radius 1 is 0.526 bits per heavy atom. The van der Waals surface area contributed by atoms with Gasteiger partial charge < -0.3 is 0 Å². The molecule has 0 saturated carbocycles. The topological polar surface area (TPSA) is 22.8 Å². The van der Waals surface area contributed by atoms with Crippen LogP contribution in [0.3, 0.4) is 0 Å². The Morgan fingerprint density at radius 2 is 1.09 bits per heavy atom. The first-order valence-corrected chi connectivity index (χ1v) is 19.5. The molecule has 0 aliphatic heterocycles. The molecule has 7 aromatic carbocycles. The molecule has 0 aliphatic rings. The van der Waals surface area contributed by atoms with Gasteiger partial charge in [0, 0.05) is 0 Å². The van der Waals surface area contributed by atoms with Crippen LogP contribution in [0.2, 0.25) is 0 Å². The van der Waals surface area contributed by atoms with Crippen molar-refractivity contribution in [2.75, 3.05) is 0 Å². The van der Waals surface area contributed by atoms with Crippen molar-refractivity contribution in [3.05, 3.63) is 210 Å². The average molecular weight is 925 g/mol. The second kappa shape index (κ2) is 15.3. The van der Waals surface area contributed by atoms with Gasteiger partial charge in [0.25, 0.3) is 0 Å². The molecule has 0 N–H and O–H groups in total. The van der Waals surface area contributed by atoms with Gasteiger partial charge in [-0.2, -0.15) is 0 Å². The number of pyridine rings is 1. The van der Waals surface area contributed by atoms with E-state index in [1.807, 2.05) is 71.3 Å². The molecule has 2 aromatic heterocycles. The van der Waals surface area contributed by atoms with Gasteiger partial charge in [0.05, 0.1) is 0 Å². The van der Waals surface area contributed by atoms with E-state index >= 15 is 0 Å². The number of rotatable bonds is 8. The van der Waals surface area contributed by atoms with Crippen LogP contribution in [0, 0.1) is 15.9 Å². The molecular weight excluding hydrogens is 893 g/mol. The monoisotopic (exact) mass is 924 g/mol. The van der Waals surface area contributed by atoms with Gasteiger partial charge in [-0.05, 0) is 6.07 Å². The standard InChI is InChI=1S/C49H31BF3N3.Pt/c51-49(52,53)38-27-29-41(30-28-38)55-34-56(47-26-8-7-25-46(47)55)42-21-12-20-40(33-42)50(39-19-11-18-37(32-39)45-24-9-10-31-54-45)48-43(35-14-3-1-4-15-35)22-13-23-44(48)36-16-5-2-6-17-36;/h1-31H;/q-2;. The number of para-hydroxylation sites is 2. The molecule has 0 radical (unpaired) electrons. The summed E-state index contributed by atoms with van der Waals surface area (Å²) >= 11 is 2.26. The second-order valence-corrected chi connectivity index (χ2v) is 14.6. The normalized spacial score (nSPS) is 11.5. The summed E-state index contributed by atoms with van der Waals surface area (Å²) in [6.45, 7) is -0.332. The third-order valence-electron chi connectivity index (χ3n) is 10.1. The molecule has 9 rings (SSSR count). The second-order valence-electron chi connectivity index (χ2n) is 13.6. The fourth-order valence-corrected chi connectivity index (χ4v) is 8.69. The summed E-state index contributed by atoms with van der Waals surface area (Å²) in [4.78, 5) is 4.66. The molecule has 2 heterocycles. The van der Waals surface area contributed by atoms with Crippen molar-refractivity contribution in [1.82, 2.24) is 14.1 Å². The van der Waals surface area contributed by atoms with E-state index in [4.69, 9.17) is 0 Å². The quantitative estimate of drug-likeness (QED) is 0.110. The van der Waals surface area contributed by atoms with Gasteiger partial charge in [0.15, 0.2) is 0 Å². The Morgan fingerprint density at radius 3 is 1.70 bits per heavy atom. The number of aromatic nitrogens is 3. The Kier molecular flexibility index (Phi) is 9.77. The Bertz CT molecular complexity index is 2850. The van der Waals surface area contributed by atoms with Crippen LogP contribution >= 0.6 is 0 Å². The van der Waals surface area contributed by atoms with Gasteiger partial charge in [-0.3, -0.25) is 0 Å². The summed E-state index contributed by atoms with van der Waals surface area (Å²) < 4.78 is 45.6. The van der Waals surface area contributed by atoms with Crippen LogP contribution in [-0.4, -0.2) is 20.8 Å². The van der Waals surface area contributed by atoms with E-state index in [1.54, 1.807) is 6.20 Å². The van der Waals surface area contributed by atoms with E-state index in [2.05, 4.69) is 132 Å². The van der Waals surface area contributed by atoms with Crippen molar-refractivity contribution in [3.63, 3.8) is 0 Å². The number of hydrogen-bond donors (Lipinski definition) is 0. The molecule has 8 heteroatoms. The van der Waals surface area contributed by atoms with Gasteiger partial charge in [0.2, 0.25) is 0 Å². The Labute approximate surface area is 339 Å². The van der Waals surface area contributed by atoms with Crippen molar-refractivity contribution < 1.29 is 32.5 Å². The molecule has 0 spiro atoms. The first-order chi connectivity index (χ1) is 27.8. The third-order valence-corrected chi connectivity index (χ3v) is 11.2. The zero-order valence-corrected chi connectivity index (χ0v) is 32.5. The van der Waals surface area contributed by atoms with Gasteiger partial charge in [-0.1, -0.05) is 0 Å². The van der Waals surface area contributed by atoms with E-state index in [1.165, 1.54) is 12.1 Å². The molecule has 0 unspecified atom stereocenters. The maximum atomic E-state index is 13.6. The van der Waals surface area contributed by atoms with E-state index in [-0.39, 0.29) is 6.71 Å². The first kappa shape index (κ1) is 36.3. The number of imidazole rings is 1. The fraction of sp³-hybridized carbons (Fsp3) is 0.0204. The van der Waals surface area contributed by atoms with E-state index in [0.29, 0.717) is 5.69 Å². The Hall–Kier alpha value is -6.30. The van der Waals surface area contributed by atoms with Crippen LogP contribution in [0.4, 0.5) is 13.2 Å². The zero-order chi connectivity index (χ0) is 38.9. The predicted octanol–water partition coefficient (Wildman–Crippen LogP) is 10.0. The van der Waals surface area contributed by atoms with Crippen molar-refractivity contribution in [2.45, 2.75) is 6.18 Å². The molecule has 0 saturated heterocycles. The van der Waals surface area contributed by atoms with Crippen molar-refractivity contribution in [3.8, 4) is 44.9 Å². The number of alkyl halides is 3. The third kappa shape index (κ3) is 7.05. The Balaban J connectivity index is 1.29. The van der Waals surface area contributed by atoms with Crippen LogP contribution in [0.15, 0.2) is 188 Å². The van der Waals surface area contributed by atoms with Gasteiger partial charge in [0.1, 0.15) is 0 Å². The van der Waals surface area contributed by atoms with Crippen LogP contribution in [0.1, 0.15) is 5.56 Å². The summed E-state index contributed by atoms with van der Waals surface area (Å²) in [7, 11) is 0. The minimum absolute atomic E-state index is 0.332. The molecule has 0 fully saturated rings. The molecule has 278 valence electrons. The van der Waals surface area contributed by atoms with E-state index < -0.39 is 11.7 Å². The van der Waals surface area contributed by atoms with E-state index in [0.717, 1.165) is 82.6 Å². The summed E-state index contributed by atoms with van der Waals surface area (Å²) in [5, 5.41) is 0. The molecule has 3 nitrogen and oxygen atoms in total. The van der Waals surface area contributed by atoms with Crippen LogP contribution in [0.5, 0.6) is 0 Å². The molecule has 0 bridgehead atoms. The van der Waals surface area contributed by atoms with Crippen LogP contribution < -0.4 is 16.4 Å². The fourth-order valence-electron chi connectivity index (χ4n) is 7.58. The van der Waals surface area contributed by atoms with Crippen LogP contribution in [0.25, 0.3) is 55.9 Å². The number of benzene rings is 7. The van der Waals surface area contributed by atoms with Gasteiger partial charge in [-0.25, -0.2) is 0 Å². The molecule has 9 aromatic rings.